The van der Waals surface area contributed by atoms with Crippen molar-refractivity contribution < 1.29 is 19.1 Å². The zero-order chi connectivity index (χ0) is 18.6. The first-order chi connectivity index (χ1) is 11.8. The third kappa shape index (κ3) is 3.92. The first-order valence-electron chi connectivity index (χ1n) is 8.22. The fourth-order valence-corrected chi connectivity index (χ4v) is 2.87. The van der Waals surface area contributed by atoms with E-state index in [4.69, 9.17) is 4.74 Å². The molecule has 0 radical (unpaired) electrons. The molecule has 1 heterocycles. The van der Waals surface area contributed by atoms with Crippen LogP contribution in [0.25, 0.3) is 0 Å². The molecule has 1 aromatic rings. The van der Waals surface area contributed by atoms with Crippen LogP contribution >= 0.6 is 0 Å². The zero-order valence-electron chi connectivity index (χ0n) is 15.1. The fraction of sp³-hybridized carbons (Fsp3) is 0.500. The van der Waals surface area contributed by atoms with Crippen LogP contribution in [-0.4, -0.2) is 67.5 Å². The van der Waals surface area contributed by atoms with Crippen LogP contribution in [0.5, 0.6) is 0 Å². The van der Waals surface area contributed by atoms with E-state index >= 15 is 0 Å². The minimum absolute atomic E-state index is 0.0347. The molecule has 0 spiro atoms. The van der Waals surface area contributed by atoms with Crippen molar-refractivity contribution in [2.45, 2.75) is 25.3 Å². The van der Waals surface area contributed by atoms with Crippen LogP contribution in [-0.2, 0) is 19.7 Å². The van der Waals surface area contributed by atoms with E-state index < -0.39 is 11.4 Å². The number of esters is 1. The summed E-state index contributed by atoms with van der Waals surface area (Å²) in [6, 6.07) is 8.76. The Kier molecular flexibility index (Phi) is 5.66. The summed E-state index contributed by atoms with van der Waals surface area (Å²) >= 11 is 0. The third-order valence-corrected chi connectivity index (χ3v) is 4.79. The van der Waals surface area contributed by atoms with Gasteiger partial charge in [0.05, 0.1) is 7.11 Å². The molecule has 1 fully saturated rings. The maximum absolute atomic E-state index is 12.5. The number of urea groups is 1. The Morgan fingerprint density at radius 1 is 1.32 bits per heavy atom. The number of hydrogen-bond acceptors (Lipinski definition) is 4. The predicted octanol–water partition coefficient (Wildman–Crippen LogP) is 0.989. The lowest BCUT2D eigenvalue weighted by molar-refractivity contribution is -0.146. The van der Waals surface area contributed by atoms with E-state index in [2.05, 4.69) is 5.32 Å². The van der Waals surface area contributed by atoms with Gasteiger partial charge in [-0.25, -0.2) is 4.79 Å². The molecule has 1 aliphatic rings. The third-order valence-electron chi connectivity index (χ3n) is 4.79. The van der Waals surface area contributed by atoms with Crippen LogP contribution in [0.1, 0.15) is 19.4 Å². The number of piperazine rings is 1. The second-order valence-electron chi connectivity index (χ2n) is 6.58. The normalized spacial score (nSPS) is 20.0. The van der Waals surface area contributed by atoms with E-state index in [9.17, 15) is 14.4 Å². The topological polar surface area (TPSA) is 79.0 Å². The van der Waals surface area contributed by atoms with Crippen molar-refractivity contribution in [3.05, 3.63) is 35.9 Å². The number of methoxy groups -OCH3 is 1. The number of rotatable bonds is 4. The standard InChI is InChI=1S/C18H25N3O4/c1-13-10-21(11-15(22)20(13)3)17(24)19-12-18(2,16(23)25-4)14-8-6-5-7-9-14/h5-9,13H,10-12H2,1-4H3,(H,19,24)/t13-,18+/m1/s1. The van der Waals surface area contributed by atoms with Gasteiger partial charge in [-0.2, -0.15) is 0 Å². The molecule has 2 rings (SSSR count). The van der Waals surface area contributed by atoms with Crippen LogP contribution in [0.2, 0.25) is 0 Å². The number of carbonyl (C=O) groups excluding carboxylic acids is 3. The van der Waals surface area contributed by atoms with Gasteiger partial charge in [0.25, 0.3) is 0 Å². The van der Waals surface area contributed by atoms with E-state index in [0.29, 0.717) is 6.54 Å². The number of ether oxygens (including phenoxy) is 1. The average molecular weight is 347 g/mol. The molecule has 7 heteroatoms. The number of carbonyl (C=O) groups is 3. The van der Waals surface area contributed by atoms with E-state index in [1.165, 1.54) is 12.0 Å². The average Bonchev–Trinajstić information content (AvgIpc) is 2.63. The minimum atomic E-state index is -1.01. The van der Waals surface area contributed by atoms with Gasteiger partial charge in [-0.1, -0.05) is 30.3 Å². The molecular weight excluding hydrogens is 322 g/mol. The minimum Gasteiger partial charge on any atom is -0.468 e. The number of nitrogens with one attached hydrogen (secondary N) is 1. The fourth-order valence-electron chi connectivity index (χ4n) is 2.87. The predicted molar refractivity (Wildman–Crippen MR) is 93.0 cm³/mol. The van der Waals surface area contributed by atoms with Gasteiger partial charge in [0.1, 0.15) is 12.0 Å². The summed E-state index contributed by atoms with van der Waals surface area (Å²) in [5.74, 6) is -0.533. The lowest BCUT2D eigenvalue weighted by Gasteiger charge is -2.37. The monoisotopic (exact) mass is 347 g/mol. The van der Waals surface area contributed by atoms with E-state index in [-0.39, 0.29) is 31.1 Å². The Hall–Kier alpha value is -2.57. The Bertz CT molecular complexity index is 649. The first kappa shape index (κ1) is 18.8. The Labute approximate surface area is 147 Å². The molecule has 0 bridgehead atoms. The molecule has 0 unspecified atom stereocenters. The lowest BCUT2D eigenvalue weighted by atomic mass is 9.82. The number of likely N-dealkylation sites (N-methyl/N-ethyl adjacent to an activating group) is 1. The summed E-state index contributed by atoms with van der Waals surface area (Å²) in [7, 11) is 3.05. The Morgan fingerprint density at radius 2 is 1.96 bits per heavy atom. The van der Waals surface area contributed by atoms with Gasteiger partial charge in [-0.05, 0) is 19.4 Å². The molecule has 7 nitrogen and oxygen atoms in total. The highest BCUT2D eigenvalue weighted by molar-refractivity contribution is 5.87. The van der Waals surface area contributed by atoms with Crippen molar-refractivity contribution in [1.29, 1.82) is 0 Å². The van der Waals surface area contributed by atoms with Crippen molar-refractivity contribution in [2.75, 3.05) is 33.8 Å². The number of benzene rings is 1. The highest BCUT2D eigenvalue weighted by atomic mass is 16.5. The molecule has 0 aromatic heterocycles. The summed E-state index contributed by atoms with van der Waals surface area (Å²) in [5.41, 5.74) is -0.251. The van der Waals surface area contributed by atoms with Crippen molar-refractivity contribution >= 4 is 17.9 Å². The van der Waals surface area contributed by atoms with Crippen molar-refractivity contribution in [3.63, 3.8) is 0 Å². The maximum Gasteiger partial charge on any atom is 0.317 e. The Morgan fingerprint density at radius 3 is 2.52 bits per heavy atom. The Balaban J connectivity index is 2.09. The summed E-state index contributed by atoms with van der Waals surface area (Å²) in [6.45, 7) is 4.19. The van der Waals surface area contributed by atoms with E-state index in [1.54, 1.807) is 18.9 Å². The van der Waals surface area contributed by atoms with Crippen LogP contribution < -0.4 is 5.32 Å². The highest BCUT2D eigenvalue weighted by Gasteiger charge is 2.38. The molecule has 0 aliphatic carbocycles. The maximum atomic E-state index is 12.5. The van der Waals surface area contributed by atoms with E-state index in [1.807, 2.05) is 37.3 Å². The number of amides is 3. The molecule has 1 aliphatic heterocycles. The molecule has 136 valence electrons. The van der Waals surface area contributed by atoms with Crippen LogP contribution in [0.15, 0.2) is 30.3 Å². The molecule has 25 heavy (non-hydrogen) atoms. The second-order valence-corrected chi connectivity index (χ2v) is 6.58. The second kappa shape index (κ2) is 7.55. The first-order valence-corrected chi connectivity index (χ1v) is 8.22. The van der Waals surface area contributed by atoms with Crippen LogP contribution in [0.3, 0.4) is 0 Å². The molecule has 2 atom stereocenters. The van der Waals surface area contributed by atoms with Crippen LogP contribution in [0, 0.1) is 0 Å². The molecule has 1 aromatic carbocycles. The molecular formula is C18H25N3O4. The van der Waals surface area contributed by atoms with Crippen LogP contribution in [0.4, 0.5) is 4.79 Å². The largest absolute Gasteiger partial charge is 0.468 e. The van der Waals surface area contributed by atoms with Gasteiger partial charge in [0, 0.05) is 26.2 Å². The van der Waals surface area contributed by atoms with Gasteiger partial charge in [0.15, 0.2) is 0 Å². The van der Waals surface area contributed by atoms with Crippen molar-refractivity contribution in [3.8, 4) is 0 Å². The lowest BCUT2D eigenvalue weighted by Crippen LogP contribution is -2.58. The molecule has 1 N–H and O–H groups in total. The SMILES string of the molecule is COC(=O)[C@@](C)(CNC(=O)N1CC(=O)N(C)[C@H](C)C1)c1ccccc1. The van der Waals surface area contributed by atoms with Crippen molar-refractivity contribution in [1.82, 2.24) is 15.1 Å². The summed E-state index contributed by atoms with van der Waals surface area (Å²) in [4.78, 5) is 39.8. The number of hydrogen-bond donors (Lipinski definition) is 1. The summed E-state index contributed by atoms with van der Waals surface area (Å²) in [5, 5.41) is 2.78. The molecule has 1 saturated heterocycles. The summed E-state index contributed by atoms with van der Waals surface area (Å²) < 4.78 is 4.93. The number of nitrogens with zero attached hydrogens (tertiary/aromatic N) is 2. The quantitative estimate of drug-likeness (QED) is 0.824. The van der Waals surface area contributed by atoms with Gasteiger partial charge >= 0.3 is 12.0 Å². The zero-order valence-corrected chi connectivity index (χ0v) is 15.1. The van der Waals surface area contributed by atoms with Crippen molar-refractivity contribution in [2.24, 2.45) is 0 Å². The van der Waals surface area contributed by atoms with Gasteiger partial charge in [0.2, 0.25) is 5.91 Å². The van der Waals surface area contributed by atoms with Gasteiger partial charge in [-0.3, -0.25) is 9.59 Å². The van der Waals surface area contributed by atoms with Gasteiger partial charge in [-0.15, -0.1) is 0 Å². The molecule has 0 saturated carbocycles. The van der Waals surface area contributed by atoms with E-state index in [0.717, 1.165) is 5.56 Å². The highest BCUT2D eigenvalue weighted by Crippen LogP contribution is 2.24. The molecule has 3 amide bonds. The summed E-state index contributed by atoms with van der Waals surface area (Å²) in [6.07, 6.45) is 0. The smallest absolute Gasteiger partial charge is 0.317 e. The van der Waals surface area contributed by atoms with Gasteiger partial charge < -0.3 is 19.9 Å².